The molecule has 1 unspecified atom stereocenters. The van der Waals surface area contributed by atoms with Crippen LogP contribution >= 0.6 is 24.0 Å². The number of rotatable bonds is 9. The summed E-state index contributed by atoms with van der Waals surface area (Å²) in [5, 5.41) is 16.2. The molecule has 0 amide bonds. The van der Waals surface area contributed by atoms with E-state index in [0.717, 1.165) is 37.6 Å². The van der Waals surface area contributed by atoms with Crippen LogP contribution in [0, 0.1) is 0 Å². The number of hydrogen-bond donors (Lipinski definition) is 3. The Labute approximate surface area is 186 Å². The molecule has 0 fully saturated rings. The van der Waals surface area contributed by atoms with E-state index in [1.54, 1.807) is 12.1 Å². The highest BCUT2D eigenvalue weighted by atomic mass is 127. The first-order chi connectivity index (χ1) is 13.1. The second-order valence-corrected chi connectivity index (χ2v) is 6.83. The number of phenolic OH excluding ortho intramolecular Hbond substituents is 1. The third kappa shape index (κ3) is 8.93. The summed E-state index contributed by atoms with van der Waals surface area (Å²) in [5.41, 5.74) is 2.32. The first kappa shape index (κ1) is 24.2. The summed E-state index contributed by atoms with van der Waals surface area (Å²) in [4.78, 5) is 6.97. The smallest absolute Gasteiger partial charge is 0.191 e. The molecule has 28 heavy (non-hydrogen) atoms. The molecule has 2 aromatic rings. The maximum atomic E-state index is 9.56. The van der Waals surface area contributed by atoms with Gasteiger partial charge in [-0.25, -0.2) is 4.99 Å². The standard InChI is InChI=1S/C22H32N4O.HI/c1-4-23-22(25-16-20-11-8-12-21(27)15-20)24-14-13-18(2)26(3)17-19-9-6-5-7-10-19;/h5-12,15,18,27H,4,13-14,16-17H2,1-3H3,(H2,23,24,25);1H. The van der Waals surface area contributed by atoms with Crippen LogP contribution in [0.5, 0.6) is 5.75 Å². The molecule has 5 nitrogen and oxygen atoms in total. The molecule has 1 atom stereocenters. The fourth-order valence-corrected chi connectivity index (χ4v) is 2.81. The molecule has 0 aliphatic heterocycles. The number of aromatic hydroxyl groups is 1. The minimum Gasteiger partial charge on any atom is -0.508 e. The topological polar surface area (TPSA) is 59.9 Å². The maximum absolute atomic E-state index is 9.56. The predicted molar refractivity (Wildman–Crippen MR) is 128 cm³/mol. The normalized spacial score (nSPS) is 12.4. The van der Waals surface area contributed by atoms with Gasteiger partial charge < -0.3 is 15.7 Å². The van der Waals surface area contributed by atoms with Crippen molar-refractivity contribution in [1.29, 1.82) is 0 Å². The van der Waals surface area contributed by atoms with E-state index < -0.39 is 0 Å². The Morgan fingerprint density at radius 1 is 1.07 bits per heavy atom. The van der Waals surface area contributed by atoms with Gasteiger partial charge in [-0.2, -0.15) is 0 Å². The van der Waals surface area contributed by atoms with E-state index in [2.05, 4.69) is 71.8 Å². The van der Waals surface area contributed by atoms with Crippen molar-refractivity contribution in [1.82, 2.24) is 15.5 Å². The highest BCUT2D eigenvalue weighted by Crippen LogP contribution is 2.11. The van der Waals surface area contributed by atoms with Gasteiger partial charge in [-0.3, -0.25) is 4.90 Å². The lowest BCUT2D eigenvalue weighted by Gasteiger charge is -2.25. The average molecular weight is 496 g/mol. The number of nitrogens with one attached hydrogen (secondary N) is 2. The molecule has 0 aliphatic rings. The monoisotopic (exact) mass is 496 g/mol. The van der Waals surface area contributed by atoms with Gasteiger partial charge in [0.1, 0.15) is 5.75 Å². The van der Waals surface area contributed by atoms with E-state index in [4.69, 9.17) is 0 Å². The van der Waals surface area contributed by atoms with Gasteiger partial charge in [-0.1, -0.05) is 42.5 Å². The second kappa shape index (κ2) is 13.4. The minimum atomic E-state index is 0. The zero-order valence-electron chi connectivity index (χ0n) is 17.1. The molecule has 0 radical (unpaired) electrons. The Morgan fingerprint density at radius 3 is 2.46 bits per heavy atom. The number of nitrogens with zero attached hydrogens (tertiary/aromatic N) is 2. The number of guanidine groups is 1. The molecule has 0 aromatic heterocycles. The quantitative estimate of drug-likeness (QED) is 0.279. The largest absolute Gasteiger partial charge is 0.508 e. The van der Waals surface area contributed by atoms with Crippen LogP contribution in [-0.4, -0.2) is 42.1 Å². The van der Waals surface area contributed by atoms with Crippen molar-refractivity contribution in [3.8, 4) is 5.75 Å². The molecular formula is C22H33IN4O. The second-order valence-electron chi connectivity index (χ2n) is 6.83. The summed E-state index contributed by atoms with van der Waals surface area (Å²) in [7, 11) is 2.17. The van der Waals surface area contributed by atoms with E-state index in [-0.39, 0.29) is 29.7 Å². The molecule has 2 aromatic carbocycles. The van der Waals surface area contributed by atoms with E-state index in [0.29, 0.717) is 12.6 Å². The van der Waals surface area contributed by atoms with Crippen molar-refractivity contribution >= 4 is 29.9 Å². The highest BCUT2D eigenvalue weighted by Gasteiger charge is 2.09. The third-order valence-corrected chi connectivity index (χ3v) is 4.56. The lowest BCUT2D eigenvalue weighted by Crippen LogP contribution is -2.40. The molecule has 0 spiro atoms. The molecule has 3 N–H and O–H groups in total. The molecular weight excluding hydrogens is 463 g/mol. The van der Waals surface area contributed by atoms with Crippen LogP contribution in [0.1, 0.15) is 31.4 Å². The van der Waals surface area contributed by atoms with Crippen molar-refractivity contribution in [2.75, 3.05) is 20.1 Å². The van der Waals surface area contributed by atoms with Crippen molar-refractivity contribution in [2.45, 2.75) is 39.4 Å². The molecule has 0 saturated heterocycles. The van der Waals surface area contributed by atoms with Crippen LogP contribution in [-0.2, 0) is 13.1 Å². The zero-order valence-corrected chi connectivity index (χ0v) is 19.4. The summed E-state index contributed by atoms with van der Waals surface area (Å²) in [6, 6.07) is 18.2. The Kier molecular flexibility index (Phi) is 11.6. The first-order valence-electron chi connectivity index (χ1n) is 9.62. The van der Waals surface area contributed by atoms with Crippen LogP contribution in [0.15, 0.2) is 59.6 Å². The number of hydrogen-bond acceptors (Lipinski definition) is 3. The van der Waals surface area contributed by atoms with Crippen molar-refractivity contribution in [3.63, 3.8) is 0 Å². The van der Waals surface area contributed by atoms with Crippen LogP contribution < -0.4 is 10.6 Å². The fourth-order valence-electron chi connectivity index (χ4n) is 2.81. The molecule has 0 heterocycles. The van der Waals surface area contributed by atoms with Gasteiger partial charge in [0.15, 0.2) is 5.96 Å². The van der Waals surface area contributed by atoms with Crippen LogP contribution in [0.2, 0.25) is 0 Å². The molecule has 6 heteroatoms. The zero-order chi connectivity index (χ0) is 19.5. The van der Waals surface area contributed by atoms with Crippen LogP contribution in [0.25, 0.3) is 0 Å². The molecule has 0 aliphatic carbocycles. The predicted octanol–water partition coefficient (Wildman–Crippen LogP) is 3.98. The van der Waals surface area contributed by atoms with Crippen LogP contribution in [0.3, 0.4) is 0 Å². The number of halogens is 1. The van der Waals surface area contributed by atoms with Gasteiger partial charge >= 0.3 is 0 Å². The fraction of sp³-hybridized carbons (Fsp3) is 0.409. The van der Waals surface area contributed by atoms with Crippen molar-refractivity contribution in [3.05, 3.63) is 65.7 Å². The summed E-state index contributed by atoms with van der Waals surface area (Å²) < 4.78 is 0. The lowest BCUT2D eigenvalue weighted by molar-refractivity contribution is 0.238. The third-order valence-electron chi connectivity index (χ3n) is 4.56. The minimum absolute atomic E-state index is 0. The molecule has 0 bridgehead atoms. The van der Waals surface area contributed by atoms with Gasteiger partial charge in [-0.15, -0.1) is 24.0 Å². The van der Waals surface area contributed by atoms with Gasteiger partial charge in [0.2, 0.25) is 0 Å². The number of benzene rings is 2. The Bertz CT molecular complexity index is 709. The Morgan fingerprint density at radius 2 is 1.79 bits per heavy atom. The summed E-state index contributed by atoms with van der Waals surface area (Å²) in [5.74, 6) is 1.08. The van der Waals surface area contributed by atoms with Gasteiger partial charge in [-0.05, 0) is 50.6 Å². The number of phenols is 1. The van der Waals surface area contributed by atoms with E-state index in [1.165, 1.54) is 5.56 Å². The molecule has 154 valence electrons. The van der Waals surface area contributed by atoms with E-state index in [9.17, 15) is 5.11 Å². The Hall–Kier alpha value is -1.80. The highest BCUT2D eigenvalue weighted by molar-refractivity contribution is 14.0. The summed E-state index contributed by atoms with van der Waals surface area (Å²) in [6.07, 6.45) is 1.03. The average Bonchev–Trinajstić information content (AvgIpc) is 2.67. The summed E-state index contributed by atoms with van der Waals surface area (Å²) in [6.45, 7) is 7.46. The van der Waals surface area contributed by atoms with E-state index in [1.807, 2.05) is 12.1 Å². The van der Waals surface area contributed by atoms with Gasteiger partial charge in [0.05, 0.1) is 6.54 Å². The SMILES string of the molecule is CCNC(=NCc1cccc(O)c1)NCCC(C)N(C)Cc1ccccc1.I. The van der Waals surface area contributed by atoms with Gasteiger partial charge in [0.25, 0.3) is 0 Å². The number of aliphatic imine (C=N–C) groups is 1. The van der Waals surface area contributed by atoms with Crippen molar-refractivity contribution < 1.29 is 5.11 Å². The first-order valence-corrected chi connectivity index (χ1v) is 9.62. The molecule has 0 saturated carbocycles. The van der Waals surface area contributed by atoms with Gasteiger partial charge in [0, 0.05) is 25.7 Å². The lowest BCUT2D eigenvalue weighted by atomic mass is 10.1. The van der Waals surface area contributed by atoms with Crippen LogP contribution in [0.4, 0.5) is 0 Å². The Balaban J connectivity index is 0.00000392. The molecule has 2 rings (SSSR count). The summed E-state index contributed by atoms with van der Waals surface area (Å²) >= 11 is 0. The van der Waals surface area contributed by atoms with E-state index >= 15 is 0 Å². The maximum Gasteiger partial charge on any atom is 0.191 e. The van der Waals surface area contributed by atoms with Crippen molar-refractivity contribution in [2.24, 2.45) is 4.99 Å².